The number of aromatic nitrogens is 2. The molecular formula is C15H23FN2O16P2. The Morgan fingerprint density at radius 3 is 2.33 bits per heavy atom. The molecule has 3 unspecified atom stereocenters. The third kappa shape index (κ3) is 6.53. The highest BCUT2D eigenvalue weighted by molar-refractivity contribution is 7.61. The molecular weight excluding hydrogens is 545 g/mol. The molecule has 2 saturated heterocycles. The van der Waals surface area contributed by atoms with Gasteiger partial charge in [0.1, 0.15) is 49.4 Å². The van der Waals surface area contributed by atoms with Crippen LogP contribution in [0, 0.1) is 0 Å². The van der Waals surface area contributed by atoms with Crippen LogP contribution in [0.25, 0.3) is 0 Å². The van der Waals surface area contributed by atoms with Crippen LogP contribution in [-0.4, -0.2) is 107 Å². The number of aliphatic hydroxyl groups excluding tert-OH is 5. The van der Waals surface area contributed by atoms with E-state index in [9.17, 15) is 58.4 Å². The highest BCUT2D eigenvalue weighted by atomic mass is 31.3. The molecule has 0 bridgehead atoms. The fourth-order valence-corrected chi connectivity index (χ4v) is 5.52. The lowest BCUT2D eigenvalue weighted by molar-refractivity contribution is -0.141. The zero-order valence-corrected chi connectivity index (χ0v) is 19.6. The molecule has 206 valence electrons. The predicted molar refractivity (Wildman–Crippen MR) is 108 cm³/mol. The summed E-state index contributed by atoms with van der Waals surface area (Å²) in [7, 11) is -11.1. The Morgan fingerprint density at radius 2 is 1.72 bits per heavy atom. The zero-order valence-electron chi connectivity index (χ0n) is 17.8. The molecule has 8 N–H and O–H groups in total. The van der Waals surface area contributed by atoms with E-state index >= 15 is 0 Å². The number of nitrogens with zero attached hydrogens (tertiary/aromatic N) is 1. The lowest BCUT2D eigenvalue weighted by atomic mass is 10.1. The van der Waals surface area contributed by atoms with Crippen LogP contribution in [0.3, 0.4) is 0 Å². The number of nitrogens with one attached hydrogen (secondary N) is 1. The van der Waals surface area contributed by atoms with Crippen molar-refractivity contribution in [1.82, 2.24) is 9.55 Å². The predicted octanol–water partition coefficient (Wildman–Crippen LogP) is -3.82. The summed E-state index contributed by atoms with van der Waals surface area (Å²) in [5, 5.41) is 49.1. The quantitative estimate of drug-likeness (QED) is 0.126. The van der Waals surface area contributed by atoms with Crippen LogP contribution < -0.4 is 11.2 Å². The number of H-pyrrole nitrogens is 1. The minimum atomic E-state index is -5.59. The lowest BCUT2D eigenvalue weighted by Gasteiger charge is -2.22. The van der Waals surface area contributed by atoms with Crippen molar-refractivity contribution in [2.75, 3.05) is 13.3 Å². The number of rotatable bonds is 10. The molecule has 2 fully saturated rings. The second-order valence-corrected chi connectivity index (χ2v) is 10.7. The van der Waals surface area contributed by atoms with Gasteiger partial charge in [0, 0.05) is 12.3 Å². The summed E-state index contributed by atoms with van der Waals surface area (Å²) in [6.07, 6.45) is -15.7. The Bertz CT molecular complexity index is 1130. The number of alkyl halides is 1. The van der Waals surface area contributed by atoms with Gasteiger partial charge in [-0.1, -0.05) is 0 Å². The highest BCUT2D eigenvalue weighted by Crippen LogP contribution is 2.61. The van der Waals surface area contributed by atoms with Gasteiger partial charge in [0.2, 0.25) is 0 Å². The second-order valence-electron chi connectivity index (χ2n) is 7.66. The van der Waals surface area contributed by atoms with Crippen molar-refractivity contribution in [3.63, 3.8) is 0 Å². The zero-order chi connectivity index (χ0) is 27.0. The van der Waals surface area contributed by atoms with Crippen molar-refractivity contribution < 1.29 is 71.7 Å². The third-order valence-corrected chi connectivity index (χ3v) is 7.70. The standard InChI is InChI=1S/C15H23FN2O16P2/c16-3-5(19)12-9(22)11(24)14(32-12)33-36(28,29)34-35(26,27)30-4-6-8(21)10(23)13(31-6)18-2-1-7(20)17-15(18)25/h1-2,5-6,8-14,19,21-24H,3-4H2,(H,26,27)(H,28,29)(H,17,20,25)/t5-,6-,8-,9-,10-,11-,12+,13-,14?/m1/s1. The Hall–Kier alpha value is -1.41. The lowest BCUT2D eigenvalue weighted by Crippen LogP contribution is -2.39. The first-order valence-corrected chi connectivity index (χ1v) is 12.9. The van der Waals surface area contributed by atoms with Crippen molar-refractivity contribution in [1.29, 1.82) is 0 Å². The number of phosphoric acid groups is 2. The van der Waals surface area contributed by atoms with Gasteiger partial charge in [0.05, 0.1) is 6.61 Å². The monoisotopic (exact) mass is 568 g/mol. The molecule has 0 spiro atoms. The van der Waals surface area contributed by atoms with Crippen LogP contribution >= 0.6 is 15.6 Å². The SMILES string of the molecule is O=c1ccn([C@@H]2O[C@H](COP(=O)(O)OP(=O)(O)OC3O[C@@H]([C@H](O)CF)[C@H](O)[C@H]3O)[C@@H](O)[C@H]2O)c(=O)[nH]1. The molecule has 2 aliphatic rings. The number of aromatic amines is 1. The van der Waals surface area contributed by atoms with E-state index in [0.29, 0.717) is 4.57 Å². The van der Waals surface area contributed by atoms with Gasteiger partial charge in [0.15, 0.2) is 12.5 Å². The Morgan fingerprint density at radius 1 is 1.06 bits per heavy atom. The molecule has 36 heavy (non-hydrogen) atoms. The number of phosphoric ester groups is 2. The molecule has 3 rings (SSSR count). The minimum absolute atomic E-state index is 0.717. The van der Waals surface area contributed by atoms with Gasteiger partial charge in [-0.15, -0.1) is 0 Å². The summed E-state index contributed by atoms with van der Waals surface area (Å²) in [5.74, 6) is 0. The summed E-state index contributed by atoms with van der Waals surface area (Å²) < 4.78 is 60.4. The Labute approximate surface area is 199 Å². The van der Waals surface area contributed by atoms with Crippen molar-refractivity contribution >= 4 is 15.6 Å². The van der Waals surface area contributed by atoms with Crippen LogP contribution in [0.5, 0.6) is 0 Å². The van der Waals surface area contributed by atoms with Gasteiger partial charge in [-0.25, -0.2) is 18.3 Å². The average Bonchev–Trinajstić information content (AvgIpc) is 3.21. The van der Waals surface area contributed by atoms with Crippen LogP contribution in [-0.2, 0) is 32.0 Å². The molecule has 18 nitrogen and oxygen atoms in total. The minimum Gasteiger partial charge on any atom is -0.388 e. The third-order valence-electron chi connectivity index (χ3n) is 5.10. The number of hydrogen-bond donors (Lipinski definition) is 8. The topological polar surface area (TPSA) is 277 Å². The first kappa shape index (κ1) is 29.2. The molecule has 3 heterocycles. The summed E-state index contributed by atoms with van der Waals surface area (Å²) in [6, 6.07) is 0.923. The van der Waals surface area contributed by atoms with Crippen molar-refractivity contribution in [2.24, 2.45) is 0 Å². The highest BCUT2D eigenvalue weighted by Gasteiger charge is 2.51. The molecule has 1 aromatic heterocycles. The van der Waals surface area contributed by atoms with Gasteiger partial charge < -0.3 is 44.8 Å². The molecule has 0 aliphatic carbocycles. The van der Waals surface area contributed by atoms with Crippen LogP contribution in [0.4, 0.5) is 4.39 Å². The number of ether oxygens (including phenoxy) is 2. The van der Waals surface area contributed by atoms with Gasteiger partial charge in [-0.2, -0.15) is 4.31 Å². The maximum absolute atomic E-state index is 12.6. The van der Waals surface area contributed by atoms with E-state index in [0.717, 1.165) is 12.3 Å². The van der Waals surface area contributed by atoms with Crippen LogP contribution in [0.1, 0.15) is 6.23 Å². The van der Waals surface area contributed by atoms with Crippen LogP contribution in [0.2, 0.25) is 0 Å². The molecule has 21 heteroatoms. The largest absolute Gasteiger partial charge is 0.483 e. The van der Waals surface area contributed by atoms with Gasteiger partial charge in [-0.05, 0) is 0 Å². The molecule has 0 radical (unpaired) electrons. The first-order valence-electron chi connectivity index (χ1n) is 9.94. The van der Waals surface area contributed by atoms with Gasteiger partial charge in [-0.3, -0.25) is 23.4 Å². The van der Waals surface area contributed by atoms with E-state index in [1.807, 2.05) is 4.98 Å². The van der Waals surface area contributed by atoms with E-state index in [4.69, 9.17) is 9.47 Å². The fraction of sp³-hybridized carbons (Fsp3) is 0.733. The van der Waals surface area contributed by atoms with Crippen molar-refractivity contribution in [2.45, 2.75) is 55.2 Å². The Kier molecular flexibility index (Phi) is 9.02. The van der Waals surface area contributed by atoms with Crippen molar-refractivity contribution in [3.05, 3.63) is 33.1 Å². The summed E-state index contributed by atoms with van der Waals surface area (Å²) >= 11 is 0. The molecule has 0 amide bonds. The molecule has 11 atom stereocenters. The van der Waals surface area contributed by atoms with E-state index in [-0.39, 0.29) is 0 Å². The first-order chi connectivity index (χ1) is 16.7. The summed E-state index contributed by atoms with van der Waals surface area (Å²) in [5.41, 5.74) is -1.75. The molecule has 0 aromatic carbocycles. The van der Waals surface area contributed by atoms with E-state index in [1.54, 1.807) is 0 Å². The average molecular weight is 568 g/mol. The Balaban J connectivity index is 1.60. The fourth-order valence-electron chi connectivity index (χ4n) is 3.36. The summed E-state index contributed by atoms with van der Waals surface area (Å²) in [4.78, 5) is 44.4. The van der Waals surface area contributed by atoms with Crippen LogP contribution in [0.15, 0.2) is 21.9 Å². The molecule has 0 saturated carbocycles. The normalized spacial score (nSPS) is 36.9. The number of aliphatic hydroxyl groups is 5. The molecule has 1 aromatic rings. The van der Waals surface area contributed by atoms with E-state index in [2.05, 4.69) is 13.4 Å². The van der Waals surface area contributed by atoms with Crippen molar-refractivity contribution in [3.8, 4) is 0 Å². The van der Waals surface area contributed by atoms with E-state index < -0.39 is 95.4 Å². The molecule has 2 aliphatic heterocycles. The van der Waals surface area contributed by atoms with Gasteiger partial charge >= 0.3 is 21.3 Å². The maximum atomic E-state index is 12.6. The maximum Gasteiger partial charge on any atom is 0.483 e. The van der Waals surface area contributed by atoms with Gasteiger partial charge in [0.25, 0.3) is 5.56 Å². The number of halogens is 1. The smallest absolute Gasteiger partial charge is 0.388 e. The van der Waals surface area contributed by atoms with E-state index in [1.165, 1.54) is 0 Å². The summed E-state index contributed by atoms with van der Waals surface area (Å²) in [6.45, 7) is -2.44. The number of hydrogen-bond acceptors (Lipinski definition) is 14. The second kappa shape index (κ2) is 11.1.